The summed E-state index contributed by atoms with van der Waals surface area (Å²) < 4.78 is 14.5. The minimum absolute atomic E-state index is 0. The first-order valence-corrected chi connectivity index (χ1v) is 7.13. The Morgan fingerprint density at radius 2 is 2.00 bits per heavy atom. The summed E-state index contributed by atoms with van der Waals surface area (Å²) in [5.74, 6) is -1.10. The fraction of sp³-hybridized carbons (Fsp3) is 0.467. The zero-order valence-corrected chi connectivity index (χ0v) is 13.1. The molecule has 1 heterocycles. The Morgan fingerprint density at radius 3 is 2.64 bits per heavy atom. The number of amides is 2. The number of nitrogens with one attached hydrogen (secondary N) is 3. The molecular formula is C15H19ClFN3O2. The summed E-state index contributed by atoms with van der Waals surface area (Å²) in [6.45, 7) is 1.37. The molecule has 3 N–H and O–H groups in total. The number of benzene rings is 1. The first-order chi connectivity index (χ1) is 10.1. The zero-order valence-electron chi connectivity index (χ0n) is 12.3. The van der Waals surface area contributed by atoms with Crippen LogP contribution in [0.5, 0.6) is 0 Å². The van der Waals surface area contributed by atoms with E-state index in [2.05, 4.69) is 16.0 Å². The fourth-order valence-corrected chi connectivity index (χ4v) is 2.79. The topological polar surface area (TPSA) is 70.2 Å². The van der Waals surface area contributed by atoms with E-state index in [0.717, 1.165) is 12.1 Å². The Kier molecular flexibility index (Phi) is 4.72. The second kappa shape index (κ2) is 6.22. The number of anilines is 1. The highest BCUT2D eigenvalue weighted by atomic mass is 35.5. The minimum atomic E-state index is -1.02. The first kappa shape index (κ1) is 16.7. The number of rotatable bonds is 3. The Labute approximate surface area is 134 Å². The van der Waals surface area contributed by atoms with E-state index in [4.69, 9.17) is 0 Å². The summed E-state index contributed by atoms with van der Waals surface area (Å²) in [7, 11) is 1.50. The molecule has 2 amide bonds. The normalized spacial score (nSPS) is 17.7. The van der Waals surface area contributed by atoms with Gasteiger partial charge in [-0.05, 0) is 43.0 Å². The third-order valence-electron chi connectivity index (χ3n) is 4.30. The predicted octanol–water partition coefficient (Wildman–Crippen LogP) is 1.36. The van der Waals surface area contributed by atoms with Crippen molar-refractivity contribution in [1.82, 2.24) is 10.6 Å². The summed E-state index contributed by atoms with van der Waals surface area (Å²) in [5.41, 5.74) is 0.718. The summed E-state index contributed by atoms with van der Waals surface area (Å²) in [5, 5.41) is 8.26. The van der Waals surface area contributed by atoms with Crippen molar-refractivity contribution in [3.8, 4) is 0 Å². The molecule has 22 heavy (non-hydrogen) atoms. The Bertz CT molecular complexity index is 617. The largest absolute Gasteiger partial charge is 0.358 e. The molecule has 2 aliphatic rings. The van der Waals surface area contributed by atoms with Gasteiger partial charge >= 0.3 is 0 Å². The van der Waals surface area contributed by atoms with Crippen LogP contribution in [0.25, 0.3) is 0 Å². The summed E-state index contributed by atoms with van der Waals surface area (Å²) in [6, 6.07) is 3.39. The van der Waals surface area contributed by atoms with Crippen molar-refractivity contribution in [3.05, 3.63) is 29.1 Å². The highest BCUT2D eigenvalue weighted by Crippen LogP contribution is 2.46. The molecule has 1 fully saturated rings. The molecule has 1 saturated carbocycles. The van der Waals surface area contributed by atoms with Crippen molar-refractivity contribution in [2.45, 2.75) is 25.8 Å². The van der Waals surface area contributed by atoms with Crippen molar-refractivity contribution in [2.75, 3.05) is 18.9 Å². The molecule has 5 nitrogen and oxygen atoms in total. The van der Waals surface area contributed by atoms with Crippen LogP contribution in [0.15, 0.2) is 12.1 Å². The van der Waals surface area contributed by atoms with Gasteiger partial charge in [0.15, 0.2) is 0 Å². The highest BCUT2D eigenvalue weighted by Gasteiger charge is 2.56. The van der Waals surface area contributed by atoms with Gasteiger partial charge in [-0.25, -0.2) is 4.39 Å². The third kappa shape index (κ3) is 2.68. The van der Waals surface area contributed by atoms with Gasteiger partial charge in [0, 0.05) is 13.6 Å². The Morgan fingerprint density at radius 1 is 1.27 bits per heavy atom. The molecule has 0 spiro atoms. The lowest BCUT2D eigenvalue weighted by Crippen LogP contribution is -2.38. The van der Waals surface area contributed by atoms with Crippen molar-refractivity contribution in [1.29, 1.82) is 0 Å². The van der Waals surface area contributed by atoms with Crippen LogP contribution in [-0.2, 0) is 22.6 Å². The van der Waals surface area contributed by atoms with Gasteiger partial charge in [0.05, 0.1) is 5.69 Å². The molecule has 1 aromatic carbocycles. The number of carbonyl (C=O) groups excluding carboxylic acids is 2. The van der Waals surface area contributed by atoms with Gasteiger partial charge in [0.25, 0.3) is 0 Å². The molecular weight excluding hydrogens is 309 g/mol. The standard InChI is InChI=1S/C15H18FN3O2.ClH/c1-17-13(20)15(5-6-15)14(21)19-11-3-2-9-8-18-7-4-10(9)12(11)16;/h2-3,18H,4-8H2,1H3,(H,17,20)(H,19,21);1H. The van der Waals surface area contributed by atoms with Crippen LogP contribution in [0.4, 0.5) is 10.1 Å². The molecule has 0 radical (unpaired) electrons. The number of hydrogen-bond donors (Lipinski definition) is 3. The van der Waals surface area contributed by atoms with Gasteiger partial charge in [-0.1, -0.05) is 6.07 Å². The van der Waals surface area contributed by atoms with E-state index in [-0.39, 0.29) is 29.8 Å². The maximum Gasteiger partial charge on any atom is 0.240 e. The summed E-state index contributed by atoms with van der Waals surface area (Å²) in [6.07, 6.45) is 1.62. The lowest BCUT2D eigenvalue weighted by Gasteiger charge is -2.20. The van der Waals surface area contributed by atoms with Crippen LogP contribution < -0.4 is 16.0 Å². The van der Waals surface area contributed by atoms with Crippen molar-refractivity contribution in [3.63, 3.8) is 0 Å². The zero-order chi connectivity index (χ0) is 15.0. The van der Waals surface area contributed by atoms with Crippen LogP contribution in [0.1, 0.15) is 24.0 Å². The van der Waals surface area contributed by atoms with Crippen LogP contribution in [0, 0.1) is 11.2 Å². The van der Waals surface area contributed by atoms with E-state index < -0.39 is 11.3 Å². The summed E-state index contributed by atoms with van der Waals surface area (Å²) in [4.78, 5) is 24.0. The van der Waals surface area contributed by atoms with Gasteiger partial charge in [0.2, 0.25) is 11.8 Å². The quantitative estimate of drug-likeness (QED) is 0.734. The van der Waals surface area contributed by atoms with Crippen LogP contribution >= 0.6 is 12.4 Å². The van der Waals surface area contributed by atoms with Crippen LogP contribution in [0.3, 0.4) is 0 Å². The number of hydrogen-bond acceptors (Lipinski definition) is 3. The lowest BCUT2D eigenvalue weighted by atomic mass is 9.99. The van der Waals surface area contributed by atoms with E-state index in [1.165, 1.54) is 7.05 Å². The third-order valence-corrected chi connectivity index (χ3v) is 4.30. The number of halogens is 2. The van der Waals surface area contributed by atoms with Crippen LogP contribution in [-0.4, -0.2) is 25.4 Å². The molecule has 1 aliphatic carbocycles. The SMILES string of the molecule is CNC(=O)C1(C(=O)Nc2ccc3c(c2F)CCNC3)CC1.Cl. The van der Waals surface area contributed by atoms with Gasteiger partial charge < -0.3 is 16.0 Å². The predicted molar refractivity (Wildman–Crippen MR) is 83.4 cm³/mol. The monoisotopic (exact) mass is 327 g/mol. The molecule has 1 aliphatic heterocycles. The maximum atomic E-state index is 14.5. The Hall–Kier alpha value is -1.66. The number of carbonyl (C=O) groups is 2. The molecule has 120 valence electrons. The molecule has 0 unspecified atom stereocenters. The van der Waals surface area contributed by atoms with Gasteiger partial charge in [-0.15, -0.1) is 12.4 Å². The van der Waals surface area contributed by atoms with Crippen molar-refractivity contribution >= 4 is 29.9 Å². The second-order valence-corrected chi connectivity index (χ2v) is 5.61. The smallest absolute Gasteiger partial charge is 0.240 e. The Balaban J connectivity index is 0.00000176. The van der Waals surface area contributed by atoms with Crippen molar-refractivity contribution in [2.24, 2.45) is 5.41 Å². The van der Waals surface area contributed by atoms with E-state index in [9.17, 15) is 14.0 Å². The minimum Gasteiger partial charge on any atom is -0.358 e. The highest BCUT2D eigenvalue weighted by molar-refractivity contribution is 6.13. The lowest BCUT2D eigenvalue weighted by molar-refractivity contribution is -0.134. The van der Waals surface area contributed by atoms with E-state index in [1.807, 2.05) is 6.07 Å². The average Bonchev–Trinajstić information content (AvgIpc) is 3.31. The first-order valence-electron chi connectivity index (χ1n) is 7.13. The van der Waals surface area contributed by atoms with Gasteiger partial charge in [0.1, 0.15) is 11.2 Å². The summed E-state index contributed by atoms with van der Waals surface area (Å²) >= 11 is 0. The molecule has 0 atom stereocenters. The van der Waals surface area contributed by atoms with E-state index in [0.29, 0.717) is 31.4 Å². The molecule has 0 saturated heterocycles. The molecule has 1 aromatic rings. The maximum absolute atomic E-state index is 14.5. The van der Waals surface area contributed by atoms with Gasteiger partial charge in [-0.2, -0.15) is 0 Å². The van der Waals surface area contributed by atoms with E-state index >= 15 is 0 Å². The van der Waals surface area contributed by atoms with Crippen molar-refractivity contribution < 1.29 is 14.0 Å². The fourth-order valence-electron chi connectivity index (χ4n) is 2.79. The number of fused-ring (bicyclic) bond motifs is 1. The van der Waals surface area contributed by atoms with Gasteiger partial charge in [-0.3, -0.25) is 9.59 Å². The van der Waals surface area contributed by atoms with E-state index in [1.54, 1.807) is 6.07 Å². The molecule has 3 rings (SSSR count). The average molecular weight is 328 g/mol. The molecule has 0 aromatic heterocycles. The second-order valence-electron chi connectivity index (χ2n) is 5.61. The molecule has 0 bridgehead atoms. The molecule has 7 heteroatoms. The van der Waals surface area contributed by atoms with Crippen LogP contribution in [0.2, 0.25) is 0 Å².